The van der Waals surface area contributed by atoms with Crippen LogP contribution >= 0.6 is 22.6 Å². The summed E-state index contributed by atoms with van der Waals surface area (Å²) in [5.74, 6) is 0. The van der Waals surface area contributed by atoms with E-state index in [2.05, 4.69) is 100 Å². The van der Waals surface area contributed by atoms with Gasteiger partial charge in [0.2, 0.25) is 0 Å². The average molecular weight is 430 g/mol. The summed E-state index contributed by atoms with van der Waals surface area (Å²) >= 11 is 2.35. The second-order valence-corrected chi connectivity index (χ2v) is 9.71. The summed E-state index contributed by atoms with van der Waals surface area (Å²) in [5.41, 5.74) is 8.50. The summed E-state index contributed by atoms with van der Waals surface area (Å²) in [6, 6.07) is 13.5. The highest BCUT2D eigenvalue weighted by Gasteiger charge is 2.37. The molecule has 0 bridgehead atoms. The third-order valence-corrected chi connectivity index (χ3v) is 6.43. The number of hydrogen-bond donors (Lipinski definition) is 0. The van der Waals surface area contributed by atoms with Gasteiger partial charge in [-0.15, -0.1) is 0 Å². The van der Waals surface area contributed by atoms with Crippen LogP contribution in [0.4, 0.5) is 0 Å². The van der Waals surface area contributed by atoms with Gasteiger partial charge in [0, 0.05) is 3.57 Å². The van der Waals surface area contributed by atoms with Crippen LogP contribution in [0.5, 0.6) is 0 Å². The monoisotopic (exact) mass is 430 g/mol. The zero-order valence-corrected chi connectivity index (χ0v) is 17.6. The molecule has 0 N–H and O–H groups in total. The highest BCUT2D eigenvalue weighted by atomic mass is 127. The lowest BCUT2D eigenvalue weighted by molar-refractivity contribution is 0.331. The number of halogens is 1. The van der Waals surface area contributed by atoms with Crippen LogP contribution in [0, 0.1) is 10.5 Å². The minimum absolute atomic E-state index is 0.236. The van der Waals surface area contributed by atoms with Gasteiger partial charge in [0.15, 0.2) is 0 Å². The van der Waals surface area contributed by atoms with E-state index in [1.165, 1.54) is 44.2 Å². The SMILES string of the molecule is C=C(c1ccc(I)cc1)c1cc2c(cc1C)C(C)(C)CCC2(C)C. The van der Waals surface area contributed by atoms with Gasteiger partial charge in [-0.05, 0) is 98.7 Å². The number of hydrogen-bond acceptors (Lipinski definition) is 0. The number of aryl methyl sites for hydroxylation is 1. The second-order valence-electron chi connectivity index (χ2n) is 8.47. The zero-order valence-electron chi connectivity index (χ0n) is 15.5. The summed E-state index contributed by atoms with van der Waals surface area (Å²) < 4.78 is 1.26. The Labute approximate surface area is 160 Å². The van der Waals surface area contributed by atoms with Crippen LogP contribution in [0.1, 0.15) is 68.4 Å². The smallest absolute Gasteiger partial charge is 0.0130 e. The summed E-state index contributed by atoms with van der Waals surface area (Å²) in [4.78, 5) is 0. The van der Waals surface area contributed by atoms with Crippen molar-refractivity contribution in [3.63, 3.8) is 0 Å². The molecule has 24 heavy (non-hydrogen) atoms. The van der Waals surface area contributed by atoms with Crippen LogP contribution in [0.15, 0.2) is 43.0 Å². The van der Waals surface area contributed by atoms with Crippen LogP contribution in [0.2, 0.25) is 0 Å². The Morgan fingerprint density at radius 1 is 0.917 bits per heavy atom. The van der Waals surface area contributed by atoms with E-state index in [1.807, 2.05) is 0 Å². The van der Waals surface area contributed by atoms with Gasteiger partial charge in [-0.25, -0.2) is 0 Å². The maximum atomic E-state index is 4.42. The van der Waals surface area contributed by atoms with E-state index in [-0.39, 0.29) is 10.8 Å². The van der Waals surface area contributed by atoms with Gasteiger partial charge in [-0.3, -0.25) is 0 Å². The van der Waals surface area contributed by atoms with Gasteiger partial charge in [-0.2, -0.15) is 0 Å². The fourth-order valence-corrected chi connectivity index (χ4v) is 4.21. The quantitative estimate of drug-likeness (QED) is 0.450. The molecule has 0 radical (unpaired) electrons. The molecule has 0 aromatic heterocycles. The van der Waals surface area contributed by atoms with Gasteiger partial charge < -0.3 is 0 Å². The van der Waals surface area contributed by atoms with Crippen LogP contribution in [0.25, 0.3) is 5.57 Å². The first-order valence-corrected chi connectivity index (χ1v) is 9.80. The Kier molecular flexibility index (Phi) is 4.44. The lowest BCUT2D eigenvalue weighted by atomic mass is 9.62. The topological polar surface area (TPSA) is 0 Å². The minimum Gasteiger partial charge on any atom is -0.0905 e. The molecule has 0 amide bonds. The van der Waals surface area contributed by atoms with Crippen LogP contribution in [0.3, 0.4) is 0 Å². The van der Waals surface area contributed by atoms with Crippen molar-refractivity contribution < 1.29 is 0 Å². The largest absolute Gasteiger partial charge is 0.0905 e. The molecule has 1 heteroatoms. The molecule has 0 aliphatic heterocycles. The molecule has 2 aromatic carbocycles. The molecule has 0 spiro atoms. The predicted molar refractivity (Wildman–Crippen MR) is 114 cm³/mol. The fraction of sp³-hybridized carbons (Fsp3) is 0.391. The van der Waals surface area contributed by atoms with E-state index in [0.29, 0.717) is 0 Å². The molecule has 0 fully saturated rings. The van der Waals surface area contributed by atoms with E-state index in [9.17, 15) is 0 Å². The van der Waals surface area contributed by atoms with Crippen molar-refractivity contribution in [1.82, 2.24) is 0 Å². The van der Waals surface area contributed by atoms with Gasteiger partial charge in [-0.1, -0.05) is 58.5 Å². The Balaban J connectivity index is 2.14. The highest BCUT2D eigenvalue weighted by Crippen LogP contribution is 2.47. The first kappa shape index (κ1) is 17.7. The van der Waals surface area contributed by atoms with E-state index in [1.54, 1.807) is 0 Å². The van der Waals surface area contributed by atoms with Crippen molar-refractivity contribution in [1.29, 1.82) is 0 Å². The van der Waals surface area contributed by atoms with Crippen molar-refractivity contribution >= 4 is 28.2 Å². The van der Waals surface area contributed by atoms with Crippen molar-refractivity contribution in [2.75, 3.05) is 0 Å². The fourth-order valence-electron chi connectivity index (χ4n) is 3.85. The van der Waals surface area contributed by atoms with Crippen molar-refractivity contribution in [2.45, 2.75) is 58.3 Å². The van der Waals surface area contributed by atoms with E-state index < -0.39 is 0 Å². The Morgan fingerprint density at radius 3 is 1.96 bits per heavy atom. The average Bonchev–Trinajstić information content (AvgIpc) is 2.52. The predicted octanol–water partition coefficient (Wildman–Crippen LogP) is 7.01. The maximum absolute atomic E-state index is 4.42. The van der Waals surface area contributed by atoms with Crippen molar-refractivity contribution in [3.05, 3.63) is 74.4 Å². The number of benzene rings is 2. The molecular formula is C23H27I. The lowest BCUT2D eigenvalue weighted by Gasteiger charge is -2.42. The van der Waals surface area contributed by atoms with Crippen LogP contribution < -0.4 is 0 Å². The molecule has 0 saturated heterocycles. The second kappa shape index (κ2) is 6.01. The maximum Gasteiger partial charge on any atom is 0.0130 e. The first-order valence-electron chi connectivity index (χ1n) is 8.73. The van der Waals surface area contributed by atoms with Gasteiger partial charge >= 0.3 is 0 Å². The summed E-state index contributed by atoms with van der Waals surface area (Å²) in [7, 11) is 0. The Hall–Kier alpha value is -1.09. The Morgan fingerprint density at radius 2 is 1.42 bits per heavy atom. The molecule has 1 aliphatic rings. The van der Waals surface area contributed by atoms with Crippen LogP contribution in [-0.2, 0) is 10.8 Å². The standard InChI is InChI=1S/C23H27I/c1-15-13-20-21(23(5,6)12-11-22(20,3)4)14-19(15)16(2)17-7-9-18(24)10-8-17/h7-10,13-14H,2,11-12H2,1,3-6H3. The number of rotatable bonds is 2. The molecule has 1 aliphatic carbocycles. The first-order chi connectivity index (χ1) is 11.1. The zero-order chi connectivity index (χ0) is 17.7. The lowest BCUT2D eigenvalue weighted by Crippen LogP contribution is -2.34. The number of fused-ring (bicyclic) bond motifs is 1. The van der Waals surface area contributed by atoms with Crippen LogP contribution in [-0.4, -0.2) is 0 Å². The minimum atomic E-state index is 0.236. The summed E-state index contributed by atoms with van der Waals surface area (Å²) in [6.07, 6.45) is 2.50. The van der Waals surface area contributed by atoms with Gasteiger partial charge in [0.05, 0.1) is 0 Å². The molecule has 0 unspecified atom stereocenters. The molecule has 0 saturated carbocycles. The third kappa shape index (κ3) is 3.08. The molecule has 0 atom stereocenters. The molecule has 0 heterocycles. The Bertz CT molecular complexity index is 792. The normalized spacial score (nSPS) is 18.1. The van der Waals surface area contributed by atoms with Crippen molar-refractivity contribution in [2.24, 2.45) is 0 Å². The molecular weight excluding hydrogens is 403 g/mol. The van der Waals surface area contributed by atoms with Crippen molar-refractivity contribution in [3.8, 4) is 0 Å². The molecule has 3 rings (SSSR count). The molecule has 126 valence electrons. The van der Waals surface area contributed by atoms with E-state index >= 15 is 0 Å². The molecule has 2 aromatic rings. The van der Waals surface area contributed by atoms with Gasteiger partial charge in [0.1, 0.15) is 0 Å². The molecule has 0 nitrogen and oxygen atoms in total. The highest BCUT2D eigenvalue weighted by molar-refractivity contribution is 14.1. The third-order valence-electron chi connectivity index (χ3n) is 5.72. The summed E-state index contributed by atoms with van der Waals surface area (Å²) in [5, 5.41) is 0. The summed E-state index contributed by atoms with van der Waals surface area (Å²) in [6.45, 7) is 16.2. The van der Waals surface area contributed by atoms with Gasteiger partial charge in [0.25, 0.3) is 0 Å². The van der Waals surface area contributed by atoms with E-state index in [4.69, 9.17) is 0 Å². The van der Waals surface area contributed by atoms with E-state index in [0.717, 1.165) is 5.57 Å².